The second-order valence-electron chi connectivity index (χ2n) is 12.5. The van der Waals surface area contributed by atoms with E-state index in [9.17, 15) is 18.3 Å². The number of sulfonamides is 1. The molecule has 228 valence electrons. The summed E-state index contributed by atoms with van der Waals surface area (Å²) >= 11 is 0. The van der Waals surface area contributed by atoms with Gasteiger partial charge >= 0.3 is 0 Å². The van der Waals surface area contributed by atoms with E-state index in [1.807, 2.05) is 6.07 Å². The number of benzene rings is 1. The predicted molar refractivity (Wildman–Crippen MR) is 165 cm³/mol. The summed E-state index contributed by atoms with van der Waals surface area (Å²) in [6.07, 6.45) is 5.62. The highest BCUT2D eigenvalue weighted by atomic mass is 32.2. The number of amides is 1. The molecule has 1 amide bonds. The third-order valence-corrected chi connectivity index (χ3v) is 11.1. The molecule has 0 radical (unpaired) electrons. The molecule has 1 aliphatic carbocycles. The van der Waals surface area contributed by atoms with Crippen molar-refractivity contribution in [2.45, 2.75) is 57.3 Å². The summed E-state index contributed by atoms with van der Waals surface area (Å²) in [6, 6.07) is 7.00. The number of aromatic nitrogens is 1. The van der Waals surface area contributed by atoms with Crippen molar-refractivity contribution in [3.63, 3.8) is 0 Å². The SMILES string of the molecule is C[C@@H]1CN(c2nc(NC(=O)c3ccc(NS(=O)(=O)[C@H](C)CO)cc3N3CCC4(CC3)CC4)cc3c2N(C)CC3)CCO1. The number of fused-ring (bicyclic) bond motifs is 1. The molecule has 3 fully saturated rings. The maximum absolute atomic E-state index is 13.9. The number of hydrogen-bond donors (Lipinski definition) is 3. The number of aliphatic hydroxyl groups excluding tert-OH is 1. The summed E-state index contributed by atoms with van der Waals surface area (Å²) in [5.74, 6) is 1.09. The van der Waals surface area contributed by atoms with Gasteiger partial charge in [0, 0.05) is 39.8 Å². The van der Waals surface area contributed by atoms with Crippen LogP contribution in [0.1, 0.15) is 55.5 Å². The Labute approximate surface area is 248 Å². The lowest BCUT2D eigenvalue weighted by Gasteiger charge is -2.35. The highest BCUT2D eigenvalue weighted by Crippen LogP contribution is 2.54. The lowest BCUT2D eigenvalue weighted by atomic mass is 9.93. The number of rotatable bonds is 8. The molecule has 1 aromatic carbocycles. The van der Waals surface area contributed by atoms with Crippen LogP contribution in [0.5, 0.6) is 0 Å². The summed E-state index contributed by atoms with van der Waals surface area (Å²) in [6.45, 7) is 7.66. The molecule has 12 heteroatoms. The van der Waals surface area contributed by atoms with E-state index in [0.717, 1.165) is 69.1 Å². The zero-order valence-electron chi connectivity index (χ0n) is 24.7. The number of piperidine rings is 1. The fraction of sp³-hybridized carbons (Fsp3) is 0.600. The molecule has 2 saturated heterocycles. The van der Waals surface area contributed by atoms with Gasteiger partial charge in [-0.05, 0) is 81.2 Å². The van der Waals surface area contributed by atoms with Gasteiger partial charge < -0.3 is 29.9 Å². The van der Waals surface area contributed by atoms with Crippen LogP contribution in [0, 0.1) is 5.41 Å². The summed E-state index contributed by atoms with van der Waals surface area (Å²) < 4.78 is 33.7. The van der Waals surface area contributed by atoms with E-state index in [0.29, 0.717) is 34.8 Å². The average molecular weight is 599 g/mol. The van der Waals surface area contributed by atoms with Crippen molar-refractivity contribution in [2.75, 3.05) is 77.7 Å². The minimum absolute atomic E-state index is 0.0966. The highest BCUT2D eigenvalue weighted by Gasteiger charge is 2.44. The van der Waals surface area contributed by atoms with Gasteiger partial charge in [0.05, 0.1) is 41.9 Å². The van der Waals surface area contributed by atoms with Crippen LogP contribution in [0.3, 0.4) is 0 Å². The van der Waals surface area contributed by atoms with E-state index in [-0.39, 0.29) is 12.0 Å². The van der Waals surface area contributed by atoms with Crippen LogP contribution in [0.2, 0.25) is 0 Å². The van der Waals surface area contributed by atoms with Gasteiger partial charge in [-0.2, -0.15) is 0 Å². The monoisotopic (exact) mass is 598 g/mol. The van der Waals surface area contributed by atoms with Gasteiger partial charge in [-0.15, -0.1) is 0 Å². The van der Waals surface area contributed by atoms with E-state index in [1.54, 1.807) is 18.2 Å². The molecule has 2 aromatic rings. The number of likely N-dealkylation sites (N-methyl/N-ethyl adjacent to an activating group) is 1. The largest absolute Gasteiger partial charge is 0.395 e. The normalized spacial score (nSPS) is 22.2. The third-order valence-electron chi connectivity index (χ3n) is 9.34. The molecule has 1 spiro atoms. The van der Waals surface area contributed by atoms with E-state index in [4.69, 9.17) is 9.72 Å². The van der Waals surface area contributed by atoms with Gasteiger partial charge in [0.25, 0.3) is 5.91 Å². The molecular weight excluding hydrogens is 556 g/mol. The molecule has 3 aliphatic heterocycles. The Morgan fingerprint density at radius 2 is 1.90 bits per heavy atom. The van der Waals surface area contributed by atoms with E-state index in [2.05, 4.69) is 38.7 Å². The van der Waals surface area contributed by atoms with E-state index < -0.39 is 21.9 Å². The molecule has 42 heavy (non-hydrogen) atoms. The second kappa shape index (κ2) is 11.2. The number of carbonyl (C=O) groups is 1. The van der Waals surface area contributed by atoms with Gasteiger partial charge in [-0.25, -0.2) is 13.4 Å². The average Bonchev–Trinajstić information content (AvgIpc) is 3.62. The first-order valence-corrected chi connectivity index (χ1v) is 16.6. The molecule has 4 heterocycles. The van der Waals surface area contributed by atoms with Crippen LogP contribution in [0.15, 0.2) is 24.3 Å². The molecule has 1 aromatic heterocycles. The van der Waals surface area contributed by atoms with Gasteiger partial charge in [0.15, 0.2) is 5.82 Å². The number of hydrogen-bond acceptors (Lipinski definition) is 9. The minimum Gasteiger partial charge on any atom is -0.395 e. The standard InChI is InChI=1S/C30H42N6O5S/c1-20-18-36(14-15-41-20)28-27-22(6-11-34(27)3)16-26(31-28)32-29(38)24-5-4-23(33-42(39,40)21(2)19-37)17-25(24)35-12-9-30(7-8-30)10-13-35/h4-5,16-17,20-21,33,37H,6-15,18-19H2,1-3H3,(H,31,32,38)/t20-,21-/m1/s1. The number of nitrogens with zero attached hydrogens (tertiary/aromatic N) is 4. The van der Waals surface area contributed by atoms with Crippen LogP contribution >= 0.6 is 0 Å². The Morgan fingerprint density at radius 3 is 2.60 bits per heavy atom. The minimum atomic E-state index is -3.78. The van der Waals surface area contributed by atoms with Gasteiger partial charge in [-0.3, -0.25) is 9.52 Å². The predicted octanol–water partition coefficient (Wildman–Crippen LogP) is 3.05. The Kier molecular flexibility index (Phi) is 7.73. The summed E-state index contributed by atoms with van der Waals surface area (Å²) in [7, 11) is -1.70. The van der Waals surface area contributed by atoms with Crippen molar-refractivity contribution in [3.05, 3.63) is 35.4 Å². The molecule has 0 bridgehead atoms. The maximum Gasteiger partial charge on any atom is 0.258 e. The number of anilines is 5. The topological polar surface area (TPSA) is 127 Å². The summed E-state index contributed by atoms with van der Waals surface area (Å²) in [5.41, 5.74) is 4.26. The Bertz CT molecular complexity index is 1450. The van der Waals surface area contributed by atoms with Gasteiger partial charge in [-0.1, -0.05) is 0 Å². The Morgan fingerprint density at radius 1 is 1.14 bits per heavy atom. The molecule has 0 unspecified atom stereocenters. The molecule has 4 aliphatic rings. The fourth-order valence-corrected chi connectivity index (χ4v) is 7.23. The molecule has 2 atom stereocenters. The first-order valence-electron chi connectivity index (χ1n) is 15.0. The molecule has 1 saturated carbocycles. The fourth-order valence-electron chi connectivity index (χ4n) is 6.37. The number of pyridine rings is 1. The molecular formula is C30H42N6O5S. The molecule has 3 N–H and O–H groups in total. The van der Waals surface area contributed by atoms with E-state index in [1.165, 1.54) is 19.8 Å². The Hall–Kier alpha value is -3.09. The summed E-state index contributed by atoms with van der Waals surface area (Å²) in [4.78, 5) is 25.5. The van der Waals surface area contributed by atoms with Crippen molar-refractivity contribution >= 4 is 44.6 Å². The lowest BCUT2D eigenvalue weighted by Crippen LogP contribution is -2.42. The molecule has 6 rings (SSSR count). The van der Waals surface area contributed by atoms with Crippen molar-refractivity contribution in [3.8, 4) is 0 Å². The van der Waals surface area contributed by atoms with Crippen LogP contribution in [-0.4, -0.2) is 88.8 Å². The summed E-state index contributed by atoms with van der Waals surface area (Å²) in [5, 5.41) is 11.5. The lowest BCUT2D eigenvalue weighted by molar-refractivity contribution is 0.0530. The smallest absolute Gasteiger partial charge is 0.258 e. The van der Waals surface area contributed by atoms with Crippen LogP contribution in [-0.2, 0) is 21.2 Å². The van der Waals surface area contributed by atoms with Crippen molar-refractivity contribution < 1.29 is 23.1 Å². The number of carbonyl (C=O) groups excluding carboxylic acids is 1. The zero-order valence-corrected chi connectivity index (χ0v) is 25.5. The van der Waals surface area contributed by atoms with Gasteiger partial charge in [0.2, 0.25) is 10.0 Å². The third kappa shape index (κ3) is 5.76. The number of nitrogens with one attached hydrogen (secondary N) is 2. The number of aliphatic hydroxyl groups is 1. The first-order chi connectivity index (χ1) is 20.1. The molecule has 11 nitrogen and oxygen atoms in total. The van der Waals surface area contributed by atoms with Gasteiger partial charge in [0.1, 0.15) is 11.1 Å². The van der Waals surface area contributed by atoms with Crippen molar-refractivity contribution in [2.24, 2.45) is 5.41 Å². The maximum atomic E-state index is 13.9. The quantitative estimate of drug-likeness (QED) is 0.420. The second-order valence-corrected chi connectivity index (χ2v) is 14.6. The number of morpholine rings is 1. The van der Waals surface area contributed by atoms with Crippen LogP contribution < -0.4 is 24.7 Å². The van der Waals surface area contributed by atoms with Crippen molar-refractivity contribution in [1.82, 2.24) is 4.98 Å². The van der Waals surface area contributed by atoms with Crippen molar-refractivity contribution in [1.29, 1.82) is 0 Å². The van der Waals surface area contributed by atoms with Crippen LogP contribution in [0.4, 0.5) is 28.7 Å². The zero-order chi connectivity index (χ0) is 29.6. The van der Waals surface area contributed by atoms with Crippen LogP contribution in [0.25, 0.3) is 0 Å². The number of ether oxygens (including phenoxy) is 1. The first kappa shape index (κ1) is 29.0. The Balaban J connectivity index is 1.30. The van der Waals surface area contributed by atoms with E-state index >= 15 is 0 Å². The highest BCUT2D eigenvalue weighted by molar-refractivity contribution is 7.93.